The van der Waals surface area contributed by atoms with Crippen LogP contribution in [-0.4, -0.2) is 98.0 Å². The first-order valence-electron chi connectivity index (χ1n) is 13.4. The number of benzene rings is 1. The van der Waals surface area contributed by atoms with E-state index in [-0.39, 0.29) is 11.8 Å². The van der Waals surface area contributed by atoms with Crippen LogP contribution in [-0.2, 0) is 4.79 Å². The van der Waals surface area contributed by atoms with E-state index < -0.39 is 0 Å². The fourth-order valence-corrected chi connectivity index (χ4v) is 5.28. The number of hydrogen-bond acceptors (Lipinski definition) is 5. The Labute approximate surface area is 205 Å². The molecular formula is C27H43N5O2. The second kappa shape index (κ2) is 12.0. The van der Waals surface area contributed by atoms with Crippen LogP contribution in [0.3, 0.4) is 0 Å². The zero-order valence-electron chi connectivity index (χ0n) is 21.2. The minimum absolute atomic E-state index is 0.00954. The molecule has 188 valence electrons. The molecule has 1 aliphatic carbocycles. The van der Waals surface area contributed by atoms with Crippen LogP contribution < -0.4 is 10.2 Å². The van der Waals surface area contributed by atoms with Gasteiger partial charge in [-0.05, 0) is 43.0 Å². The monoisotopic (exact) mass is 469 g/mol. The second-order valence-electron chi connectivity index (χ2n) is 10.2. The first-order chi connectivity index (χ1) is 16.6. The maximum absolute atomic E-state index is 12.8. The first-order valence-corrected chi connectivity index (χ1v) is 13.4. The van der Waals surface area contributed by atoms with E-state index in [9.17, 15) is 9.59 Å². The molecule has 3 aliphatic rings. The fourth-order valence-electron chi connectivity index (χ4n) is 5.28. The van der Waals surface area contributed by atoms with Gasteiger partial charge in [-0.25, -0.2) is 0 Å². The molecule has 34 heavy (non-hydrogen) atoms. The Balaban J connectivity index is 1.18. The number of nitrogens with one attached hydrogen (secondary N) is 1. The van der Waals surface area contributed by atoms with Gasteiger partial charge in [-0.3, -0.25) is 19.4 Å². The Morgan fingerprint density at radius 2 is 1.56 bits per heavy atom. The van der Waals surface area contributed by atoms with Crippen molar-refractivity contribution in [3.63, 3.8) is 0 Å². The van der Waals surface area contributed by atoms with Crippen molar-refractivity contribution in [3.8, 4) is 0 Å². The van der Waals surface area contributed by atoms with E-state index in [4.69, 9.17) is 0 Å². The molecule has 2 amide bonds. The minimum Gasteiger partial charge on any atom is -0.369 e. The third kappa shape index (κ3) is 6.30. The highest BCUT2D eigenvalue weighted by atomic mass is 16.2. The molecule has 1 aromatic carbocycles. The molecule has 1 aromatic rings. The highest BCUT2D eigenvalue weighted by Gasteiger charge is 2.30. The molecule has 2 saturated heterocycles. The van der Waals surface area contributed by atoms with Gasteiger partial charge in [0.05, 0.1) is 6.54 Å². The van der Waals surface area contributed by atoms with Crippen LogP contribution in [0.15, 0.2) is 24.3 Å². The van der Waals surface area contributed by atoms with Gasteiger partial charge in [0.2, 0.25) is 5.91 Å². The molecule has 0 bridgehead atoms. The van der Waals surface area contributed by atoms with Crippen LogP contribution in [0.1, 0.15) is 56.3 Å². The zero-order chi connectivity index (χ0) is 23.9. The molecule has 4 rings (SSSR count). The maximum atomic E-state index is 12.8. The molecular weight excluding hydrogens is 426 g/mol. The Kier molecular flexibility index (Phi) is 8.84. The molecule has 0 unspecified atom stereocenters. The molecule has 0 atom stereocenters. The largest absolute Gasteiger partial charge is 0.369 e. The summed E-state index contributed by atoms with van der Waals surface area (Å²) in [5.74, 6) is 0.837. The van der Waals surface area contributed by atoms with Crippen molar-refractivity contribution in [1.29, 1.82) is 0 Å². The fraction of sp³-hybridized carbons (Fsp3) is 0.704. The van der Waals surface area contributed by atoms with Gasteiger partial charge in [-0.2, -0.15) is 0 Å². The number of rotatable bonds is 9. The lowest BCUT2D eigenvalue weighted by Gasteiger charge is -2.43. The Bertz CT molecular complexity index is 790. The van der Waals surface area contributed by atoms with E-state index >= 15 is 0 Å². The SMILES string of the molecule is CCC(CC)CNC(=O)c1ccc(N2CCN(CC(=O)N3CCN(C4CCC4)CC3)CC2)cc1. The summed E-state index contributed by atoms with van der Waals surface area (Å²) in [7, 11) is 0. The number of piperazine rings is 2. The lowest BCUT2D eigenvalue weighted by molar-refractivity contribution is -0.134. The van der Waals surface area contributed by atoms with E-state index in [1.54, 1.807) is 0 Å². The number of hydrogen-bond donors (Lipinski definition) is 1. The van der Waals surface area contributed by atoms with Crippen molar-refractivity contribution in [2.75, 3.05) is 70.3 Å². The smallest absolute Gasteiger partial charge is 0.251 e. The van der Waals surface area contributed by atoms with Crippen LogP contribution >= 0.6 is 0 Å². The molecule has 7 nitrogen and oxygen atoms in total. The normalized spacial score (nSPS) is 20.4. The van der Waals surface area contributed by atoms with Crippen molar-refractivity contribution in [2.45, 2.75) is 52.0 Å². The molecule has 1 saturated carbocycles. The van der Waals surface area contributed by atoms with E-state index in [0.29, 0.717) is 12.5 Å². The number of amides is 2. The lowest BCUT2D eigenvalue weighted by atomic mass is 9.91. The molecule has 7 heteroatoms. The summed E-state index contributed by atoms with van der Waals surface area (Å²) in [5, 5.41) is 3.07. The number of carbonyl (C=O) groups excluding carboxylic acids is 2. The van der Waals surface area contributed by atoms with Crippen LogP contribution in [0.25, 0.3) is 0 Å². The molecule has 0 radical (unpaired) electrons. The van der Waals surface area contributed by atoms with Gasteiger partial charge < -0.3 is 15.1 Å². The van der Waals surface area contributed by atoms with Crippen molar-refractivity contribution in [1.82, 2.24) is 20.0 Å². The van der Waals surface area contributed by atoms with Gasteiger partial charge in [-0.1, -0.05) is 33.1 Å². The van der Waals surface area contributed by atoms with Crippen LogP contribution in [0.2, 0.25) is 0 Å². The molecule has 0 spiro atoms. The van der Waals surface area contributed by atoms with E-state index in [2.05, 4.69) is 50.9 Å². The predicted molar refractivity (Wildman–Crippen MR) is 137 cm³/mol. The summed E-state index contributed by atoms with van der Waals surface area (Å²) >= 11 is 0. The van der Waals surface area contributed by atoms with Gasteiger partial charge in [0.25, 0.3) is 5.91 Å². The summed E-state index contributed by atoms with van der Waals surface area (Å²) in [6.45, 7) is 13.1. The quantitative estimate of drug-likeness (QED) is 0.603. The van der Waals surface area contributed by atoms with E-state index in [1.807, 2.05) is 12.1 Å². The van der Waals surface area contributed by atoms with Crippen molar-refractivity contribution >= 4 is 17.5 Å². The molecule has 3 fully saturated rings. The summed E-state index contributed by atoms with van der Waals surface area (Å²) in [5.41, 5.74) is 1.87. The summed E-state index contributed by atoms with van der Waals surface area (Å²) in [6, 6.07) is 8.74. The minimum atomic E-state index is 0.00954. The summed E-state index contributed by atoms with van der Waals surface area (Å²) < 4.78 is 0. The Morgan fingerprint density at radius 1 is 0.912 bits per heavy atom. The highest BCUT2D eigenvalue weighted by molar-refractivity contribution is 5.94. The Morgan fingerprint density at radius 3 is 2.12 bits per heavy atom. The summed E-state index contributed by atoms with van der Waals surface area (Å²) in [6.07, 6.45) is 6.22. The standard InChI is InChI=1S/C27H43N5O2/c1-3-22(4-2)20-28-27(34)23-8-10-25(11-9-23)30-14-12-29(13-15-30)21-26(33)32-18-16-31(17-19-32)24-6-5-7-24/h8-11,22,24H,3-7,12-21H2,1-2H3,(H,28,34). The topological polar surface area (TPSA) is 59.1 Å². The molecule has 2 heterocycles. The zero-order valence-corrected chi connectivity index (χ0v) is 21.2. The van der Waals surface area contributed by atoms with Gasteiger partial charge in [-0.15, -0.1) is 0 Å². The van der Waals surface area contributed by atoms with Gasteiger partial charge in [0, 0.05) is 76.2 Å². The molecule has 1 N–H and O–H groups in total. The molecule has 0 aromatic heterocycles. The van der Waals surface area contributed by atoms with Gasteiger partial charge in [0.15, 0.2) is 0 Å². The number of anilines is 1. The van der Waals surface area contributed by atoms with Crippen molar-refractivity contribution in [3.05, 3.63) is 29.8 Å². The number of nitrogens with zero attached hydrogens (tertiary/aromatic N) is 4. The highest BCUT2D eigenvalue weighted by Crippen LogP contribution is 2.25. The average molecular weight is 470 g/mol. The average Bonchev–Trinajstić information content (AvgIpc) is 2.84. The van der Waals surface area contributed by atoms with E-state index in [0.717, 1.165) is 89.0 Å². The first kappa shape index (κ1) is 25.0. The van der Waals surface area contributed by atoms with Gasteiger partial charge in [0.1, 0.15) is 0 Å². The van der Waals surface area contributed by atoms with Crippen molar-refractivity contribution < 1.29 is 9.59 Å². The molecule has 2 aliphatic heterocycles. The van der Waals surface area contributed by atoms with Crippen molar-refractivity contribution in [2.24, 2.45) is 5.92 Å². The van der Waals surface area contributed by atoms with Crippen LogP contribution in [0, 0.1) is 5.92 Å². The number of carbonyl (C=O) groups is 2. The van der Waals surface area contributed by atoms with E-state index in [1.165, 1.54) is 19.3 Å². The summed E-state index contributed by atoms with van der Waals surface area (Å²) in [4.78, 5) is 34.6. The van der Waals surface area contributed by atoms with Gasteiger partial charge >= 0.3 is 0 Å². The van der Waals surface area contributed by atoms with Crippen LogP contribution in [0.4, 0.5) is 5.69 Å². The third-order valence-corrected chi connectivity index (χ3v) is 8.19. The maximum Gasteiger partial charge on any atom is 0.251 e. The lowest BCUT2D eigenvalue weighted by Crippen LogP contribution is -2.56. The second-order valence-corrected chi connectivity index (χ2v) is 10.2. The van der Waals surface area contributed by atoms with Crippen LogP contribution in [0.5, 0.6) is 0 Å². The third-order valence-electron chi connectivity index (χ3n) is 8.19. The Hall–Kier alpha value is -2.12. The predicted octanol–water partition coefficient (Wildman–Crippen LogP) is 2.67.